The number of hydrogen-bond acceptors (Lipinski definition) is 3. The molecule has 0 aromatic rings. The summed E-state index contributed by atoms with van der Waals surface area (Å²) in [6.45, 7) is 3.28. The average Bonchev–Trinajstić information content (AvgIpc) is 2.76. The largest absolute Gasteiger partial charge is 0.480 e. The van der Waals surface area contributed by atoms with Crippen LogP contribution >= 0.6 is 0 Å². The average molecular weight is 201 g/mol. The Morgan fingerprint density at radius 3 is 2.29 bits per heavy atom. The van der Waals surface area contributed by atoms with E-state index in [0.717, 1.165) is 6.42 Å². The Labute approximate surface area is 82.1 Å². The van der Waals surface area contributed by atoms with Crippen LogP contribution in [-0.4, -0.2) is 34.2 Å². The highest BCUT2D eigenvalue weighted by Gasteiger charge is 2.41. The zero-order chi connectivity index (χ0) is 10.9. The van der Waals surface area contributed by atoms with Gasteiger partial charge in [-0.1, -0.05) is 6.92 Å². The third kappa shape index (κ3) is 2.45. The van der Waals surface area contributed by atoms with Gasteiger partial charge in [-0.05, 0) is 19.3 Å². The molecule has 80 valence electrons. The lowest BCUT2D eigenvalue weighted by atomic mass is 10.1. The summed E-state index contributed by atoms with van der Waals surface area (Å²) < 4.78 is 0. The topological polar surface area (TPSA) is 86.6 Å². The van der Waals surface area contributed by atoms with Gasteiger partial charge in [-0.25, -0.2) is 4.79 Å². The van der Waals surface area contributed by atoms with Crippen molar-refractivity contribution in [3.8, 4) is 0 Å². The molecule has 0 aromatic heterocycles. The normalized spacial score (nSPS) is 29.1. The number of carboxylic acid groups (broad SMARTS) is 1. The summed E-state index contributed by atoms with van der Waals surface area (Å²) >= 11 is 0. The first-order chi connectivity index (χ1) is 6.43. The van der Waals surface area contributed by atoms with Gasteiger partial charge < -0.3 is 15.5 Å². The van der Waals surface area contributed by atoms with Gasteiger partial charge >= 0.3 is 5.97 Å². The fourth-order valence-corrected chi connectivity index (χ4v) is 1.34. The summed E-state index contributed by atoms with van der Waals surface area (Å²) in [5.74, 6) is -1.22. The van der Waals surface area contributed by atoms with Crippen LogP contribution in [0, 0.1) is 11.8 Å². The van der Waals surface area contributed by atoms with Gasteiger partial charge in [0.2, 0.25) is 5.91 Å². The molecule has 0 aliphatic heterocycles. The first-order valence-corrected chi connectivity index (χ1v) is 4.64. The fourth-order valence-electron chi connectivity index (χ4n) is 1.34. The van der Waals surface area contributed by atoms with Gasteiger partial charge in [0.15, 0.2) is 6.04 Å². The van der Waals surface area contributed by atoms with E-state index in [0.29, 0.717) is 5.92 Å². The maximum absolute atomic E-state index is 11.3. The maximum atomic E-state index is 11.3. The number of hydrogen-bond donors (Lipinski definition) is 3. The van der Waals surface area contributed by atoms with E-state index in [-0.39, 0.29) is 11.8 Å². The van der Waals surface area contributed by atoms with Gasteiger partial charge in [0, 0.05) is 5.92 Å². The minimum atomic E-state index is -1.21. The molecule has 0 saturated heterocycles. The first-order valence-electron chi connectivity index (χ1n) is 4.64. The van der Waals surface area contributed by atoms with Gasteiger partial charge in [-0.2, -0.15) is 0 Å². The molecule has 4 atom stereocenters. The third-order valence-corrected chi connectivity index (χ3v) is 2.49. The van der Waals surface area contributed by atoms with Crippen molar-refractivity contribution >= 4 is 11.9 Å². The van der Waals surface area contributed by atoms with E-state index in [1.54, 1.807) is 0 Å². The van der Waals surface area contributed by atoms with Crippen LogP contribution in [0.1, 0.15) is 20.3 Å². The highest BCUT2D eigenvalue weighted by molar-refractivity contribution is 5.86. The van der Waals surface area contributed by atoms with Crippen molar-refractivity contribution in [2.24, 2.45) is 11.8 Å². The molecule has 1 rings (SSSR count). The molecule has 1 aliphatic rings. The molecule has 1 aliphatic carbocycles. The number of carbonyl (C=O) groups is 2. The Bertz CT molecular complexity index is 251. The number of rotatable bonds is 4. The Morgan fingerprint density at radius 2 is 2.00 bits per heavy atom. The Morgan fingerprint density at radius 1 is 1.50 bits per heavy atom. The van der Waals surface area contributed by atoms with Gasteiger partial charge in [-0.15, -0.1) is 0 Å². The second kappa shape index (κ2) is 3.96. The van der Waals surface area contributed by atoms with Crippen LogP contribution in [0.15, 0.2) is 0 Å². The fraction of sp³-hybridized carbons (Fsp3) is 0.778. The molecule has 3 N–H and O–H groups in total. The van der Waals surface area contributed by atoms with Crippen molar-refractivity contribution in [1.29, 1.82) is 0 Å². The maximum Gasteiger partial charge on any atom is 0.328 e. The molecular weight excluding hydrogens is 186 g/mol. The molecule has 5 nitrogen and oxygen atoms in total. The zero-order valence-corrected chi connectivity index (χ0v) is 8.23. The minimum absolute atomic E-state index is 0.0735. The van der Waals surface area contributed by atoms with E-state index in [2.05, 4.69) is 5.32 Å². The first kappa shape index (κ1) is 11.0. The molecule has 1 saturated carbocycles. The summed E-state index contributed by atoms with van der Waals surface area (Å²) in [6, 6.07) is -1.20. The standard InChI is InChI=1S/C9H15NO4/c1-4-3-6(4)8(12)10-7(5(2)11)9(13)14/h4-7,11H,3H2,1-2H3,(H,10,12)(H,13,14)/t4-,5-,6-,7-/m0/s1. The molecule has 5 heteroatoms. The molecular formula is C9H15NO4. The zero-order valence-electron chi connectivity index (χ0n) is 8.23. The predicted octanol–water partition coefficient (Wildman–Crippen LogP) is -0.407. The number of nitrogens with one attached hydrogen (secondary N) is 1. The molecule has 0 unspecified atom stereocenters. The number of carbonyl (C=O) groups excluding carboxylic acids is 1. The van der Waals surface area contributed by atoms with E-state index < -0.39 is 18.1 Å². The van der Waals surface area contributed by atoms with Crippen LogP contribution in [0.5, 0.6) is 0 Å². The van der Waals surface area contributed by atoms with Crippen molar-refractivity contribution in [2.75, 3.05) is 0 Å². The van der Waals surface area contributed by atoms with E-state index in [1.807, 2.05) is 6.92 Å². The van der Waals surface area contributed by atoms with Crippen LogP contribution in [-0.2, 0) is 9.59 Å². The van der Waals surface area contributed by atoms with Gasteiger partial charge in [0.05, 0.1) is 6.10 Å². The van der Waals surface area contributed by atoms with Crippen molar-refractivity contribution in [3.63, 3.8) is 0 Å². The van der Waals surface area contributed by atoms with Crippen LogP contribution in [0.2, 0.25) is 0 Å². The van der Waals surface area contributed by atoms with Crippen molar-refractivity contribution in [3.05, 3.63) is 0 Å². The van der Waals surface area contributed by atoms with Crippen molar-refractivity contribution in [1.82, 2.24) is 5.32 Å². The summed E-state index contributed by atoms with van der Waals surface area (Å²) in [6.07, 6.45) is -0.275. The smallest absolute Gasteiger partial charge is 0.328 e. The second-order valence-corrected chi connectivity index (χ2v) is 3.88. The van der Waals surface area contributed by atoms with E-state index in [4.69, 9.17) is 10.2 Å². The minimum Gasteiger partial charge on any atom is -0.480 e. The monoisotopic (exact) mass is 201 g/mol. The molecule has 14 heavy (non-hydrogen) atoms. The third-order valence-electron chi connectivity index (χ3n) is 2.49. The summed E-state index contributed by atoms with van der Waals surface area (Å²) in [7, 11) is 0. The SMILES string of the molecule is C[C@H](O)[C@H](NC(=O)[C@H]1C[C@@H]1C)C(=O)O. The lowest BCUT2D eigenvalue weighted by Gasteiger charge is -2.16. The highest BCUT2D eigenvalue weighted by atomic mass is 16.4. The van der Waals surface area contributed by atoms with Crippen LogP contribution in [0.25, 0.3) is 0 Å². The van der Waals surface area contributed by atoms with Gasteiger partial charge in [0.25, 0.3) is 0 Å². The Balaban J connectivity index is 2.47. The van der Waals surface area contributed by atoms with E-state index in [1.165, 1.54) is 6.92 Å². The quantitative estimate of drug-likeness (QED) is 0.577. The van der Waals surface area contributed by atoms with Crippen molar-refractivity contribution in [2.45, 2.75) is 32.4 Å². The molecule has 1 fully saturated rings. The number of amides is 1. The summed E-state index contributed by atoms with van der Waals surface area (Å²) in [5.41, 5.74) is 0. The summed E-state index contributed by atoms with van der Waals surface area (Å²) in [5, 5.41) is 20.1. The molecule has 0 bridgehead atoms. The van der Waals surface area contributed by atoms with Crippen molar-refractivity contribution < 1.29 is 19.8 Å². The number of aliphatic hydroxyl groups is 1. The van der Waals surface area contributed by atoms with Crippen LogP contribution in [0.3, 0.4) is 0 Å². The summed E-state index contributed by atoms with van der Waals surface area (Å²) in [4.78, 5) is 22.0. The number of carboxylic acids is 1. The van der Waals surface area contributed by atoms with E-state index >= 15 is 0 Å². The molecule has 1 amide bonds. The lowest BCUT2D eigenvalue weighted by Crippen LogP contribution is -2.48. The highest BCUT2D eigenvalue weighted by Crippen LogP contribution is 2.37. The molecule has 0 heterocycles. The van der Waals surface area contributed by atoms with Crippen LogP contribution in [0.4, 0.5) is 0 Å². The van der Waals surface area contributed by atoms with Crippen LogP contribution < -0.4 is 5.32 Å². The number of aliphatic hydroxyl groups excluding tert-OH is 1. The molecule has 0 spiro atoms. The second-order valence-electron chi connectivity index (χ2n) is 3.88. The van der Waals surface area contributed by atoms with Gasteiger partial charge in [0.1, 0.15) is 0 Å². The number of aliphatic carboxylic acids is 1. The Kier molecular flexibility index (Phi) is 3.10. The van der Waals surface area contributed by atoms with Gasteiger partial charge in [-0.3, -0.25) is 4.79 Å². The molecule has 0 radical (unpaired) electrons. The molecule has 0 aromatic carbocycles. The van der Waals surface area contributed by atoms with E-state index in [9.17, 15) is 9.59 Å². The predicted molar refractivity (Wildman–Crippen MR) is 48.5 cm³/mol. The lowest BCUT2D eigenvalue weighted by molar-refractivity contribution is -0.145. The Hall–Kier alpha value is -1.10.